The van der Waals surface area contributed by atoms with E-state index in [1.807, 2.05) is 4.08 Å². The molecule has 0 saturated heterocycles. The van der Waals surface area contributed by atoms with Crippen molar-refractivity contribution in [2.24, 2.45) is 17.8 Å². The molecule has 2 fully saturated rings. The Hall–Kier alpha value is 0.140. The van der Waals surface area contributed by atoms with Crippen molar-refractivity contribution < 1.29 is 4.79 Å². The molecule has 2 rings (SSSR count). The summed E-state index contributed by atoms with van der Waals surface area (Å²) in [6.07, 6.45) is 9.39. The molecule has 0 aromatic rings. The fourth-order valence-corrected chi connectivity index (χ4v) is 3.27. The number of carbonyl (C=O) groups is 1. The van der Waals surface area contributed by atoms with E-state index in [9.17, 15) is 4.79 Å². The van der Waals surface area contributed by atoms with E-state index in [1.165, 1.54) is 38.5 Å². The van der Waals surface area contributed by atoms with Gasteiger partial charge in [-0.1, -0.05) is 41.9 Å². The molecule has 0 spiro atoms. The highest BCUT2D eigenvalue weighted by Gasteiger charge is 2.34. The SMILES string of the molecule is O=CC(=CI)C1CC(CC2CCC2)C1. The van der Waals surface area contributed by atoms with E-state index in [0.717, 1.165) is 23.7 Å². The van der Waals surface area contributed by atoms with Crippen LogP contribution in [-0.2, 0) is 4.79 Å². The molecule has 0 radical (unpaired) electrons. The quantitative estimate of drug-likeness (QED) is 0.439. The molecule has 2 aliphatic rings. The van der Waals surface area contributed by atoms with Gasteiger partial charge in [0.15, 0.2) is 0 Å². The number of allylic oxidation sites excluding steroid dienone is 1. The summed E-state index contributed by atoms with van der Waals surface area (Å²) in [6.45, 7) is 0. The highest BCUT2D eigenvalue weighted by molar-refractivity contribution is 14.1. The van der Waals surface area contributed by atoms with Crippen LogP contribution >= 0.6 is 22.6 Å². The molecule has 0 aliphatic heterocycles. The van der Waals surface area contributed by atoms with Gasteiger partial charge in [-0.3, -0.25) is 4.79 Å². The third-order valence-corrected chi connectivity index (χ3v) is 4.58. The average Bonchev–Trinajstić information content (AvgIpc) is 2.05. The number of hydrogen-bond acceptors (Lipinski definition) is 1. The van der Waals surface area contributed by atoms with Gasteiger partial charge in [0.25, 0.3) is 0 Å². The minimum Gasteiger partial charge on any atom is -0.298 e. The predicted molar refractivity (Wildman–Crippen MR) is 66.3 cm³/mol. The molecule has 0 atom stereocenters. The van der Waals surface area contributed by atoms with E-state index in [4.69, 9.17) is 0 Å². The molecule has 2 saturated carbocycles. The van der Waals surface area contributed by atoms with Gasteiger partial charge in [-0.25, -0.2) is 0 Å². The van der Waals surface area contributed by atoms with Gasteiger partial charge < -0.3 is 0 Å². The molecular formula is C12H17IO. The van der Waals surface area contributed by atoms with Crippen LogP contribution in [0.2, 0.25) is 0 Å². The summed E-state index contributed by atoms with van der Waals surface area (Å²) in [6, 6.07) is 0. The minimum absolute atomic E-state index is 0.592. The van der Waals surface area contributed by atoms with Crippen molar-refractivity contribution in [1.82, 2.24) is 0 Å². The van der Waals surface area contributed by atoms with Crippen molar-refractivity contribution >= 4 is 28.9 Å². The maximum absolute atomic E-state index is 10.7. The summed E-state index contributed by atoms with van der Waals surface area (Å²) in [4.78, 5) is 10.7. The average molecular weight is 304 g/mol. The van der Waals surface area contributed by atoms with E-state index in [2.05, 4.69) is 22.6 Å². The van der Waals surface area contributed by atoms with Crippen LogP contribution in [0.4, 0.5) is 0 Å². The van der Waals surface area contributed by atoms with E-state index in [1.54, 1.807) is 0 Å². The topological polar surface area (TPSA) is 17.1 Å². The van der Waals surface area contributed by atoms with Gasteiger partial charge in [0.05, 0.1) is 0 Å². The molecule has 78 valence electrons. The first-order valence-electron chi connectivity index (χ1n) is 5.59. The van der Waals surface area contributed by atoms with E-state index in [0.29, 0.717) is 5.92 Å². The van der Waals surface area contributed by atoms with Crippen LogP contribution in [0.25, 0.3) is 0 Å². The standard InChI is InChI=1S/C12H17IO/c13-7-12(8-14)11-5-10(6-11)4-9-2-1-3-9/h7-11H,1-6H2. The normalized spacial score (nSPS) is 33.4. The molecule has 0 N–H and O–H groups in total. The Labute approximate surface area is 99.5 Å². The van der Waals surface area contributed by atoms with Crippen LogP contribution < -0.4 is 0 Å². The number of halogens is 1. The first-order chi connectivity index (χ1) is 6.83. The van der Waals surface area contributed by atoms with Crippen molar-refractivity contribution in [3.05, 3.63) is 9.66 Å². The number of carbonyl (C=O) groups excluding carboxylic acids is 1. The molecule has 2 heteroatoms. The Morgan fingerprint density at radius 2 is 2.00 bits per heavy atom. The molecule has 0 heterocycles. The van der Waals surface area contributed by atoms with E-state index in [-0.39, 0.29) is 0 Å². The van der Waals surface area contributed by atoms with Gasteiger partial charge in [-0.2, -0.15) is 0 Å². The van der Waals surface area contributed by atoms with Crippen LogP contribution in [-0.4, -0.2) is 6.29 Å². The zero-order chi connectivity index (χ0) is 9.97. The first kappa shape index (κ1) is 10.7. The fraction of sp³-hybridized carbons (Fsp3) is 0.750. The summed E-state index contributed by atoms with van der Waals surface area (Å²) < 4.78 is 1.95. The number of rotatable bonds is 4. The maximum atomic E-state index is 10.7. The second-order valence-corrected chi connectivity index (χ2v) is 5.42. The van der Waals surface area contributed by atoms with Gasteiger partial charge in [-0.05, 0) is 41.1 Å². The summed E-state index contributed by atoms with van der Waals surface area (Å²) in [5, 5.41) is 0. The van der Waals surface area contributed by atoms with Crippen molar-refractivity contribution in [2.75, 3.05) is 0 Å². The lowest BCUT2D eigenvalue weighted by Gasteiger charge is -2.39. The minimum atomic E-state index is 0.592. The molecular weight excluding hydrogens is 287 g/mol. The van der Waals surface area contributed by atoms with Crippen molar-refractivity contribution in [3.8, 4) is 0 Å². The highest BCUT2D eigenvalue weighted by atomic mass is 127. The van der Waals surface area contributed by atoms with E-state index < -0.39 is 0 Å². The first-order valence-corrected chi connectivity index (χ1v) is 6.83. The van der Waals surface area contributed by atoms with Crippen molar-refractivity contribution in [3.63, 3.8) is 0 Å². The lowest BCUT2D eigenvalue weighted by molar-refractivity contribution is -0.105. The molecule has 0 aromatic heterocycles. The lowest BCUT2D eigenvalue weighted by Crippen LogP contribution is -2.29. The molecule has 14 heavy (non-hydrogen) atoms. The molecule has 0 unspecified atom stereocenters. The van der Waals surface area contributed by atoms with Gasteiger partial charge in [-0.15, -0.1) is 0 Å². The monoisotopic (exact) mass is 304 g/mol. The zero-order valence-corrected chi connectivity index (χ0v) is 10.6. The molecule has 0 bridgehead atoms. The summed E-state index contributed by atoms with van der Waals surface area (Å²) in [5.74, 6) is 2.55. The molecule has 2 aliphatic carbocycles. The molecule has 1 nitrogen and oxygen atoms in total. The lowest BCUT2D eigenvalue weighted by atomic mass is 9.66. The van der Waals surface area contributed by atoms with Crippen molar-refractivity contribution in [2.45, 2.75) is 38.5 Å². The van der Waals surface area contributed by atoms with Crippen LogP contribution in [0, 0.1) is 17.8 Å². The van der Waals surface area contributed by atoms with Crippen LogP contribution in [0.15, 0.2) is 9.66 Å². The largest absolute Gasteiger partial charge is 0.298 e. The summed E-state index contributed by atoms with van der Waals surface area (Å²) in [7, 11) is 0. The fourth-order valence-electron chi connectivity index (χ4n) is 2.61. The molecule has 0 aromatic carbocycles. The van der Waals surface area contributed by atoms with Crippen molar-refractivity contribution in [1.29, 1.82) is 0 Å². The second-order valence-electron chi connectivity index (χ2n) is 4.79. The van der Waals surface area contributed by atoms with Gasteiger partial charge >= 0.3 is 0 Å². The van der Waals surface area contributed by atoms with E-state index >= 15 is 0 Å². The Morgan fingerprint density at radius 3 is 2.43 bits per heavy atom. The predicted octanol–water partition coefficient (Wildman–Crippen LogP) is 3.72. The Balaban J connectivity index is 1.70. The zero-order valence-electron chi connectivity index (χ0n) is 8.42. The maximum Gasteiger partial charge on any atom is 0.146 e. The van der Waals surface area contributed by atoms with Gasteiger partial charge in [0, 0.05) is 5.57 Å². The number of hydrogen-bond donors (Lipinski definition) is 0. The summed E-state index contributed by atoms with van der Waals surface area (Å²) in [5.41, 5.74) is 1.02. The Morgan fingerprint density at radius 1 is 1.29 bits per heavy atom. The van der Waals surface area contributed by atoms with Crippen LogP contribution in [0.3, 0.4) is 0 Å². The highest BCUT2D eigenvalue weighted by Crippen LogP contribution is 2.45. The third-order valence-electron chi connectivity index (χ3n) is 3.86. The smallest absolute Gasteiger partial charge is 0.146 e. The number of aldehydes is 1. The van der Waals surface area contributed by atoms with Gasteiger partial charge in [0.1, 0.15) is 6.29 Å². The Kier molecular flexibility index (Phi) is 3.63. The van der Waals surface area contributed by atoms with Gasteiger partial charge in [0.2, 0.25) is 0 Å². The summed E-state index contributed by atoms with van der Waals surface area (Å²) >= 11 is 2.18. The second kappa shape index (κ2) is 4.77. The van der Waals surface area contributed by atoms with Crippen LogP contribution in [0.5, 0.6) is 0 Å². The Bertz CT molecular complexity index is 237. The van der Waals surface area contributed by atoms with Crippen LogP contribution in [0.1, 0.15) is 38.5 Å². The third kappa shape index (κ3) is 2.20. The molecule has 0 amide bonds.